The Hall–Kier alpha value is -1.99. The molecule has 0 fully saturated rings. The van der Waals surface area contributed by atoms with E-state index in [0.717, 1.165) is 6.33 Å². The van der Waals surface area contributed by atoms with Crippen LogP contribution in [0.5, 0.6) is 0 Å². The monoisotopic (exact) mass is 318 g/mol. The summed E-state index contributed by atoms with van der Waals surface area (Å²) in [5.74, 6) is -3.18. The van der Waals surface area contributed by atoms with Gasteiger partial charge in [0.25, 0.3) is 5.91 Å². The third-order valence-corrected chi connectivity index (χ3v) is 2.90. The Kier molecular flexibility index (Phi) is 4.01. The highest BCUT2D eigenvalue weighted by atomic mass is 35.5. The van der Waals surface area contributed by atoms with Gasteiger partial charge in [0, 0.05) is 11.8 Å². The molecule has 0 spiro atoms. The van der Waals surface area contributed by atoms with Gasteiger partial charge in [0.1, 0.15) is 12.0 Å². The Morgan fingerprint density at radius 3 is 2.30 bits per heavy atom. The molecule has 0 atom stereocenters. The smallest absolute Gasteiger partial charge is 0.258 e. The van der Waals surface area contributed by atoms with Crippen molar-refractivity contribution in [2.75, 3.05) is 11.1 Å². The number of hydrogen-bond acceptors (Lipinski definition) is 4. The highest BCUT2D eigenvalue weighted by Crippen LogP contribution is 2.27. The molecule has 3 N–H and O–H groups in total. The molecule has 0 radical (unpaired) electrons. The Morgan fingerprint density at radius 1 is 1.15 bits per heavy atom. The third kappa shape index (κ3) is 2.78. The summed E-state index contributed by atoms with van der Waals surface area (Å²) in [5.41, 5.74) is 4.91. The van der Waals surface area contributed by atoms with Gasteiger partial charge in [-0.25, -0.2) is 18.7 Å². The Bertz CT molecular complexity index is 676. The van der Waals surface area contributed by atoms with Gasteiger partial charge in [0.2, 0.25) is 0 Å². The molecular weight excluding hydrogens is 313 g/mol. The summed E-state index contributed by atoms with van der Waals surface area (Å²) in [6.45, 7) is 0. The van der Waals surface area contributed by atoms with Crippen molar-refractivity contribution < 1.29 is 13.6 Å². The zero-order valence-electron chi connectivity index (χ0n) is 9.62. The molecule has 0 aliphatic carbocycles. The van der Waals surface area contributed by atoms with Gasteiger partial charge in [-0.3, -0.25) is 4.79 Å². The molecule has 1 heterocycles. The summed E-state index contributed by atoms with van der Waals surface area (Å²) < 4.78 is 26.1. The lowest BCUT2D eigenvalue weighted by molar-refractivity contribution is 0.102. The lowest BCUT2D eigenvalue weighted by Crippen LogP contribution is -2.16. The molecule has 0 aliphatic rings. The standard InChI is InChI=1S/C11H6Cl2F2N4O/c12-9-8(10(13)18-3-17-9)19-11(20)4-1-5(14)6(15)2-7(4)16/h1-3H,16H2,(H,19,20). The van der Waals surface area contributed by atoms with Gasteiger partial charge in [0.05, 0.1) is 5.56 Å². The highest BCUT2D eigenvalue weighted by Gasteiger charge is 2.17. The van der Waals surface area contributed by atoms with Crippen molar-refractivity contribution in [3.05, 3.63) is 46.0 Å². The van der Waals surface area contributed by atoms with E-state index in [-0.39, 0.29) is 27.2 Å². The van der Waals surface area contributed by atoms with E-state index in [1.54, 1.807) is 0 Å². The minimum Gasteiger partial charge on any atom is -0.398 e. The van der Waals surface area contributed by atoms with E-state index in [0.29, 0.717) is 12.1 Å². The Labute approximate surface area is 121 Å². The van der Waals surface area contributed by atoms with Crippen LogP contribution in [-0.4, -0.2) is 15.9 Å². The van der Waals surface area contributed by atoms with Crippen molar-refractivity contribution in [2.24, 2.45) is 0 Å². The number of halogens is 4. The fraction of sp³-hybridized carbons (Fsp3) is 0. The molecule has 1 aromatic heterocycles. The zero-order valence-corrected chi connectivity index (χ0v) is 11.1. The van der Waals surface area contributed by atoms with Crippen LogP contribution in [0.3, 0.4) is 0 Å². The largest absolute Gasteiger partial charge is 0.398 e. The second kappa shape index (κ2) is 5.56. The summed E-state index contributed by atoms with van der Waals surface area (Å²) in [6, 6.07) is 1.38. The topological polar surface area (TPSA) is 80.9 Å². The number of hydrogen-bond donors (Lipinski definition) is 2. The van der Waals surface area contributed by atoms with Crippen LogP contribution in [0, 0.1) is 11.6 Å². The lowest BCUT2D eigenvalue weighted by atomic mass is 10.1. The molecule has 2 aromatic rings. The van der Waals surface area contributed by atoms with E-state index in [1.807, 2.05) is 0 Å². The summed E-state index contributed by atoms with van der Waals surface area (Å²) in [6.07, 6.45) is 1.10. The first-order valence-electron chi connectivity index (χ1n) is 5.12. The molecule has 5 nitrogen and oxygen atoms in total. The van der Waals surface area contributed by atoms with E-state index in [9.17, 15) is 13.6 Å². The van der Waals surface area contributed by atoms with Crippen LogP contribution in [-0.2, 0) is 0 Å². The number of aromatic nitrogens is 2. The van der Waals surface area contributed by atoms with E-state index in [2.05, 4.69) is 15.3 Å². The van der Waals surface area contributed by atoms with E-state index < -0.39 is 17.5 Å². The fourth-order valence-electron chi connectivity index (χ4n) is 1.39. The first kappa shape index (κ1) is 14.4. The van der Waals surface area contributed by atoms with E-state index in [1.165, 1.54) is 0 Å². The maximum atomic E-state index is 13.1. The average Bonchev–Trinajstić information content (AvgIpc) is 2.38. The Balaban J connectivity index is 2.36. The van der Waals surface area contributed by atoms with Crippen molar-refractivity contribution >= 4 is 40.5 Å². The van der Waals surface area contributed by atoms with Crippen LogP contribution in [0.25, 0.3) is 0 Å². The van der Waals surface area contributed by atoms with Crippen molar-refractivity contribution in [3.8, 4) is 0 Å². The highest BCUT2D eigenvalue weighted by molar-refractivity contribution is 6.38. The SMILES string of the molecule is Nc1cc(F)c(F)cc1C(=O)Nc1c(Cl)ncnc1Cl. The minimum atomic E-state index is -1.20. The normalized spacial score (nSPS) is 10.4. The van der Waals surface area contributed by atoms with Gasteiger partial charge < -0.3 is 11.1 Å². The molecule has 104 valence electrons. The van der Waals surface area contributed by atoms with Crippen molar-refractivity contribution in [2.45, 2.75) is 0 Å². The van der Waals surface area contributed by atoms with Crippen LogP contribution < -0.4 is 11.1 Å². The summed E-state index contributed by atoms with van der Waals surface area (Å²) in [5, 5.41) is 2.09. The Morgan fingerprint density at radius 2 is 1.70 bits per heavy atom. The number of carbonyl (C=O) groups excluding carboxylic acids is 1. The maximum absolute atomic E-state index is 13.1. The number of rotatable bonds is 2. The molecule has 0 saturated heterocycles. The van der Waals surface area contributed by atoms with Crippen LogP contribution in [0.1, 0.15) is 10.4 Å². The van der Waals surface area contributed by atoms with Gasteiger partial charge in [-0.2, -0.15) is 0 Å². The molecule has 0 bridgehead atoms. The minimum absolute atomic E-state index is 0.0510. The second-order valence-electron chi connectivity index (χ2n) is 3.64. The van der Waals surface area contributed by atoms with Gasteiger partial charge in [-0.15, -0.1) is 0 Å². The van der Waals surface area contributed by atoms with E-state index >= 15 is 0 Å². The molecule has 1 aromatic carbocycles. The van der Waals surface area contributed by atoms with Gasteiger partial charge in [-0.1, -0.05) is 23.2 Å². The van der Waals surface area contributed by atoms with E-state index in [4.69, 9.17) is 28.9 Å². The number of nitrogens with two attached hydrogens (primary N) is 1. The number of anilines is 2. The van der Waals surface area contributed by atoms with Crippen molar-refractivity contribution in [3.63, 3.8) is 0 Å². The molecule has 20 heavy (non-hydrogen) atoms. The zero-order chi connectivity index (χ0) is 14.9. The quantitative estimate of drug-likeness (QED) is 0.659. The van der Waals surface area contributed by atoms with Crippen LogP contribution >= 0.6 is 23.2 Å². The number of amides is 1. The molecule has 0 saturated carbocycles. The number of nitrogen functional groups attached to an aromatic ring is 1. The summed E-state index contributed by atoms with van der Waals surface area (Å²) >= 11 is 11.5. The number of nitrogens with one attached hydrogen (secondary N) is 1. The fourth-order valence-corrected chi connectivity index (χ4v) is 1.80. The molecule has 0 aliphatic heterocycles. The average molecular weight is 319 g/mol. The van der Waals surface area contributed by atoms with Crippen LogP contribution in [0.4, 0.5) is 20.2 Å². The first-order chi connectivity index (χ1) is 9.40. The molecule has 1 amide bonds. The predicted molar refractivity (Wildman–Crippen MR) is 70.8 cm³/mol. The second-order valence-corrected chi connectivity index (χ2v) is 4.35. The molecule has 9 heteroatoms. The molecule has 2 rings (SSSR count). The summed E-state index contributed by atoms with van der Waals surface area (Å²) in [7, 11) is 0. The number of benzene rings is 1. The van der Waals surface area contributed by atoms with Gasteiger partial charge in [-0.05, 0) is 6.07 Å². The number of carbonyl (C=O) groups is 1. The third-order valence-electron chi connectivity index (χ3n) is 2.33. The van der Waals surface area contributed by atoms with Crippen molar-refractivity contribution in [1.29, 1.82) is 0 Å². The maximum Gasteiger partial charge on any atom is 0.258 e. The molecular formula is C11H6Cl2F2N4O. The van der Waals surface area contributed by atoms with Crippen molar-refractivity contribution in [1.82, 2.24) is 9.97 Å². The number of nitrogens with zero attached hydrogens (tertiary/aromatic N) is 2. The lowest BCUT2D eigenvalue weighted by Gasteiger charge is -2.09. The van der Waals surface area contributed by atoms with Crippen LogP contribution in [0.2, 0.25) is 10.3 Å². The van der Waals surface area contributed by atoms with Gasteiger partial charge in [0.15, 0.2) is 21.9 Å². The first-order valence-corrected chi connectivity index (χ1v) is 5.87. The van der Waals surface area contributed by atoms with Crippen LogP contribution in [0.15, 0.2) is 18.5 Å². The van der Waals surface area contributed by atoms with Gasteiger partial charge >= 0.3 is 0 Å². The predicted octanol–water partition coefficient (Wildman–Crippen LogP) is 2.90. The summed E-state index contributed by atoms with van der Waals surface area (Å²) in [4.78, 5) is 19.2. The molecule has 0 unspecified atom stereocenters.